The number of hydrogen-bond donors (Lipinski definition) is 1. The minimum absolute atomic E-state index is 0.128. The van der Waals surface area contributed by atoms with Gasteiger partial charge < -0.3 is 15.2 Å². The van der Waals surface area contributed by atoms with Crippen molar-refractivity contribution in [2.24, 2.45) is 11.7 Å². The van der Waals surface area contributed by atoms with Crippen LogP contribution in [0.2, 0.25) is 0 Å². The van der Waals surface area contributed by atoms with E-state index in [1.54, 1.807) is 14.2 Å². The second-order valence-electron chi connectivity index (χ2n) is 4.78. The summed E-state index contributed by atoms with van der Waals surface area (Å²) >= 11 is 0. The van der Waals surface area contributed by atoms with Crippen LogP contribution in [0.1, 0.15) is 36.4 Å². The normalized spacial score (nSPS) is 17.4. The monoisotopic (exact) mass is 235 g/mol. The Bertz CT molecular complexity index is 399. The van der Waals surface area contributed by atoms with Gasteiger partial charge in [-0.1, -0.05) is 6.42 Å². The molecule has 1 aromatic carbocycles. The summed E-state index contributed by atoms with van der Waals surface area (Å²) in [6, 6.07) is 4.16. The summed E-state index contributed by atoms with van der Waals surface area (Å²) in [5.74, 6) is 2.17. The summed E-state index contributed by atoms with van der Waals surface area (Å²) in [5, 5.41) is 0. The fourth-order valence-electron chi connectivity index (χ4n) is 2.41. The van der Waals surface area contributed by atoms with Crippen LogP contribution in [0.3, 0.4) is 0 Å². The molecule has 0 bridgehead atoms. The topological polar surface area (TPSA) is 44.5 Å². The Labute approximate surface area is 103 Å². The third-order valence-electron chi connectivity index (χ3n) is 3.79. The Morgan fingerprint density at radius 1 is 1.18 bits per heavy atom. The second-order valence-corrected chi connectivity index (χ2v) is 4.78. The van der Waals surface area contributed by atoms with Crippen molar-refractivity contribution in [3.63, 3.8) is 0 Å². The van der Waals surface area contributed by atoms with Crippen molar-refractivity contribution in [3.05, 3.63) is 23.3 Å². The predicted octanol–water partition coefficient (Wildman–Crippen LogP) is 2.81. The summed E-state index contributed by atoms with van der Waals surface area (Å²) in [6.07, 6.45) is 3.80. The highest BCUT2D eigenvalue weighted by Crippen LogP contribution is 2.40. The first kappa shape index (κ1) is 12.2. The van der Waals surface area contributed by atoms with E-state index in [4.69, 9.17) is 15.2 Å². The number of ether oxygens (including phenoxy) is 2. The van der Waals surface area contributed by atoms with Gasteiger partial charge in [0.25, 0.3) is 0 Å². The van der Waals surface area contributed by atoms with Gasteiger partial charge in [0, 0.05) is 6.04 Å². The molecule has 1 fully saturated rings. The molecule has 1 saturated carbocycles. The smallest absolute Gasteiger partial charge is 0.161 e. The van der Waals surface area contributed by atoms with E-state index in [-0.39, 0.29) is 6.04 Å². The van der Waals surface area contributed by atoms with Gasteiger partial charge in [-0.15, -0.1) is 0 Å². The number of rotatable bonds is 4. The molecule has 3 nitrogen and oxygen atoms in total. The van der Waals surface area contributed by atoms with Crippen LogP contribution in [0.4, 0.5) is 0 Å². The van der Waals surface area contributed by atoms with E-state index in [1.807, 2.05) is 12.1 Å². The largest absolute Gasteiger partial charge is 0.493 e. The molecule has 1 unspecified atom stereocenters. The van der Waals surface area contributed by atoms with Crippen molar-refractivity contribution in [3.8, 4) is 11.5 Å². The maximum absolute atomic E-state index is 6.32. The molecule has 2 N–H and O–H groups in total. The van der Waals surface area contributed by atoms with E-state index in [0.717, 1.165) is 11.5 Å². The van der Waals surface area contributed by atoms with Crippen LogP contribution in [-0.2, 0) is 0 Å². The molecule has 1 atom stereocenters. The molecule has 0 amide bonds. The molecular formula is C14H21NO2. The first-order chi connectivity index (χ1) is 8.17. The van der Waals surface area contributed by atoms with Crippen molar-refractivity contribution in [2.75, 3.05) is 14.2 Å². The number of hydrogen-bond acceptors (Lipinski definition) is 3. The number of aryl methyl sites for hydroxylation is 1. The van der Waals surface area contributed by atoms with Gasteiger partial charge in [0.1, 0.15) is 0 Å². The highest BCUT2D eigenvalue weighted by Gasteiger charge is 2.27. The van der Waals surface area contributed by atoms with Crippen LogP contribution in [-0.4, -0.2) is 14.2 Å². The lowest BCUT2D eigenvalue weighted by molar-refractivity contribution is 0.263. The molecule has 0 radical (unpaired) electrons. The molecule has 0 heterocycles. The van der Waals surface area contributed by atoms with Crippen LogP contribution in [0.5, 0.6) is 11.5 Å². The van der Waals surface area contributed by atoms with Crippen molar-refractivity contribution in [1.82, 2.24) is 0 Å². The molecular weight excluding hydrogens is 214 g/mol. The first-order valence-electron chi connectivity index (χ1n) is 6.15. The Morgan fingerprint density at radius 2 is 1.76 bits per heavy atom. The maximum Gasteiger partial charge on any atom is 0.161 e. The number of methoxy groups -OCH3 is 2. The Hall–Kier alpha value is -1.22. The minimum Gasteiger partial charge on any atom is -0.493 e. The number of benzene rings is 1. The summed E-state index contributed by atoms with van der Waals surface area (Å²) in [5.41, 5.74) is 8.69. The third-order valence-corrected chi connectivity index (χ3v) is 3.79. The average Bonchev–Trinajstić information content (AvgIpc) is 2.26. The zero-order chi connectivity index (χ0) is 12.4. The van der Waals surface area contributed by atoms with Crippen LogP contribution < -0.4 is 15.2 Å². The molecule has 17 heavy (non-hydrogen) atoms. The molecule has 0 aliphatic heterocycles. The first-order valence-corrected chi connectivity index (χ1v) is 6.15. The van der Waals surface area contributed by atoms with Crippen molar-refractivity contribution in [2.45, 2.75) is 32.2 Å². The fourth-order valence-corrected chi connectivity index (χ4v) is 2.41. The minimum atomic E-state index is 0.128. The van der Waals surface area contributed by atoms with E-state index in [0.29, 0.717) is 5.92 Å². The van der Waals surface area contributed by atoms with Crippen molar-refractivity contribution in [1.29, 1.82) is 0 Å². The van der Waals surface area contributed by atoms with E-state index >= 15 is 0 Å². The van der Waals surface area contributed by atoms with E-state index in [9.17, 15) is 0 Å². The lowest BCUT2D eigenvalue weighted by atomic mass is 9.77. The lowest BCUT2D eigenvalue weighted by Gasteiger charge is -2.32. The zero-order valence-corrected chi connectivity index (χ0v) is 10.8. The van der Waals surface area contributed by atoms with Gasteiger partial charge in [0.05, 0.1) is 14.2 Å². The molecule has 94 valence electrons. The summed E-state index contributed by atoms with van der Waals surface area (Å²) < 4.78 is 10.6. The van der Waals surface area contributed by atoms with Crippen LogP contribution in [0.15, 0.2) is 12.1 Å². The van der Waals surface area contributed by atoms with Crippen LogP contribution in [0, 0.1) is 12.8 Å². The predicted molar refractivity (Wildman–Crippen MR) is 68.6 cm³/mol. The Balaban J connectivity index is 2.32. The SMILES string of the molecule is COc1cc(C)c(C(N)C2CCC2)cc1OC. The average molecular weight is 235 g/mol. The van der Waals surface area contributed by atoms with E-state index in [2.05, 4.69) is 6.92 Å². The molecule has 3 heteroatoms. The third kappa shape index (κ3) is 2.25. The molecule has 1 aliphatic rings. The summed E-state index contributed by atoms with van der Waals surface area (Å²) in [6.45, 7) is 2.08. The highest BCUT2D eigenvalue weighted by molar-refractivity contribution is 5.48. The molecule has 1 aromatic rings. The van der Waals surface area contributed by atoms with Crippen LogP contribution >= 0.6 is 0 Å². The standard InChI is InChI=1S/C14H21NO2/c1-9-7-12(16-2)13(17-3)8-11(9)14(15)10-5-4-6-10/h7-8,10,14H,4-6,15H2,1-3H3. The second kappa shape index (κ2) is 4.96. The van der Waals surface area contributed by atoms with Gasteiger partial charge in [-0.3, -0.25) is 0 Å². The lowest BCUT2D eigenvalue weighted by Crippen LogP contribution is -2.27. The Morgan fingerprint density at radius 3 is 2.24 bits per heavy atom. The van der Waals surface area contributed by atoms with Crippen molar-refractivity contribution >= 4 is 0 Å². The van der Waals surface area contributed by atoms with Gasteiger partial charge in [0.2, 0.25) is 0 Å². The summed E-state index contributed by atoms with van der Waals surface area (Å²) in [7, 11) is 3.31. The van der Waals surface area contributed by atoms with Gasteiger partial charge in [-0.2, -0.15) is 0 Å². The zero-order valence-electron chi connectivity index (χ0n) is 10.8. The van der Waals surface area contributed by atoms with E-state index < -0.39 is 0 Å². The quantitative estimate of drug-likeness (QED) is 0.872. The molecule has 1 aliphatic carbocycles. The van der Waals surface area contributed by atoms with Gasteiger partial charge in [-0.05, 0) is 48.9 Å². The van der Waals surface area contributed by atoms with Gasteiger partial charge in [-0.25, -0.2) is 0 Å². The molecule has 0 aromatic heterocycles. The molecule has 0 spiro atoms. The maximum atomic E-state index is 6.32. The fraction of sp³-hybridized carbons (Fsp3) is 0.571. The van der Waals surface area contributed by atoms with Crippen LogP contribution in [0.25, 0.3) is 0 Å². The van der Waals surface area contributed by atoms with Gasteiger partial charge in [0.15, 0.2) is 11.5 Å². The number of nitrogens with two attached hydrogens (primary N) is 1. The summed E-state index contributed by atoms with van der Waals surface area (Å²) in [4.78, 5) is 0. The van der Waals surface area contributed by atoms with Gasteiger partial charge >= 0.3 is 0 Å². The molecule has 0 saturated heterocycles. The highest BCUT2D eigenvalue weighted by atomic mass is 16.5. The Kier molecular flexibility index (Phi) is 3.57. The van der Waals surface area contributed by atoms with Crippen molar-refractivity contribution < 1.29 is 9.47 Å². The van der Waals surface area contributed by atoms with E-state index in [1.165, 1.54) is 30.4 Å². The molecule has 2 rings (SSSR count).